The fraction of sp³-hybridized carbons (Fsp3) is 0.304. The van der Waals surface area contributed by atoms with Crippen LogP contribution in [0, 0.1) is 0 Å². The van der Waals surface area contributed by atoms with Crippen LogP contribution >= 0.6 is 11.3 Å². The van der Waals surface area contributed by atoms with Gasteiger partial charge in [0.15, 0.2) is 5.13 Å². The van der Waals surface area contributed by atoms with Crippen LogP contribution in [0.3, 0.4) is 0 Å². The van der Waals surface area contributed by atoms with Gasteiger partial charge in [-0.2, -0.15) is 0 Å². The molecule has 0 saturated carbocycles. The summed E-state index contributed by atoms with van der Waals surface area (Å²) < 4.78 is 6.61. The van der Waals surface area contributed by atoms with E-state index in [0.29, 0.717) is 13.2 Å². The average Bonchev–Trinajstić information content (AvgIpc) is 3.13. The summed E-state index contributed by atoms with van der Waals surface area (Å²) in [5, 5.41) is 0.718. The first-order valence-electron chi connectivity index (χ1n) is 9.79. The molecule has 5 nitrogen and oxygen atoms in total. The Morgan fingerprint density at radius 3 is 2.66 bits per heavy atom. The number of aromatic nitrogens is 1. The van der Waals surface area contributed by atoms with E-state index in [-0.39, 0.29) is 5.91 Å². The molecule has 6 heteroatoms. The highest BCUT2D eigenvalue weighted by Crippen LogP contribution is 2.32. The van der Waals surface area contributed by atoms with E-state index in [2.05, 4.69) is 4.90 Å². The third-order valence-corrected chi connectivity index (χ3v) is 5.40. The van der Waals surface area contributed by atoms with Crippen molar-refractivity contribution in [2.24, 2.45) is 0 Å². The van der Waals surface area contributed by atoms with Crippen molar-refractivity contribution in [3.05, 3.63) is 60.2 Å². The number of amides is 1. The Bertz CT molecular complexity index is 967. The van der Waals surface area contributed by atoms with Gasteiger partial charge in [0.2, 0.25) is 0 Å². The van der Waals surface area contributed by atoms with Crippen molar-refractivity contribution < 1.29 is 9.53 Å². The number of hydrogen-bond donors (Lipinski definition) is 0. The molecule has 0 aliphatic heterocycles. The fourth-order valence-corrected chi connectivity index (χ4v) is 3.96. The van der Waals surface area contributed by atoms with Gasteiger partial charge >= 0.3 is 0 Å². The number of carbonyl (C=O) groups excluding carboxylic acids is 1. The predicted molar refractivity (Wildman–Crippen MR) is 122 cm³/mol. The zero-order chi connectivity index (χ0) is 20.6. The summed E-state index contributed by atoms with van der Waals surface area (Å²) in [7, 11) is 4.07. The van der Waals surface area contributed by atoms with Crippen LogP contribution in [0.25, 0.3) is 16.3 Å². The Hall–Kier alpha value is -2.70. The molecule has 2 aromatic carbocycles. The van der Waals surface area contributed by atoms with E-state index in [9.17, 15) is 4.79 Å². The summed E-state index contributed by atoms with van der Waals surface area (Å²) in [6.07, 6.45) is 4.35. The minimum atomic E-state index is -0.0586. The minimum Gasteiger partial charge on any atom is -0.494 e. The Morgan fingerprint density at radius 1 is 1.14 bits per heavy atom. The van der Waals surface area contributed by atoms with E-state index >= 15 is 0 Å². The minimum absolute atomic E-state index is 0.0586. The molecule has 1 amide bonds. The molecule has 3 rings (SSSR count). The van der Waals surface area contributed by atoms with Crippen molar-refractivity contribution in [1.82, 2.24) is 9.88 Å². The fourth-order valence-electron chi connectivity index (χ4n) is 2.93. The number of carbonyl (C=O) groups is 1. The quantitative estimate of drug-likeness (QED) is 0.481. The molecule has 0 radical (unpaired) electrons. The van der Waals surface area contributed by atoms with Gasteiger partial charge in [0, 0.05) is 12.6 Å². The standard InChI is InChI=1S/C23H27N3O2S/c1-4-28-19-12-13-20-21(17-19)29-23(24-20)26(16-8-15-25(2)3)22(27)14-11-18-9-6-5-7-10-18/h5-7,9-14,17H,4,8,15-16H2,1-3H3/b14-11+. The van der Waals surface area contributed by atoms with Crippen LogP contribution in [0.2, 0.25) is 0 Å². The molecule has 0 fully saturated rings. The summed E-state index contributed by atoms with van der Waals surface area (Å²) in [4.78, 5) is 21.6. The summed E-state index contributed by atoms with van der Waals surface area (Å²) >= 11 is 1.52. The van der Waals surface area contributed by atoms with Crippen LogP contribution in [0.1, 0.15) is 18.9 Å². The zero-order valence-electron chi connectivity index (χ0n) is 17.2. The van der Waals surface area contributed by atoms with Crippen molar-refractivity contribution in [3.8, 4) is 5.75 Å². The maximum atomic E-state index is 13.0. The van der Waals surface area contributed by atoms with Crippen LogP contribution < -0.4 is 9.64 Å². The third-order valence-electron chi connectivity index (χ3n) is 4.36. The second-order valence-electron chi connectivity index (χ2n) is 6.95. The van der Waals surface area contributed by atoms with E-state index in [1.807, 2.05) is 75.6 Å². The van der Waals surface area contributed by atoms with Gasteiger partial charge in [0.25, 0.3) is 5.91 Å². The lowest BCUT2D eigenvalue weighted by molar-refractivity contribution is -0.114. The lowest BCUT2D eigenvalue weighted by Crippen LogP contribution is -2.32. The zero-order valence-corrected chi connectivity index (χ0v) is 18.0. The Labute approximate surface area is 176 Å². The molecule has 0 N–H and O–H groups in total. The van der Waals surface area contributed by atoms with Gasteiger partial charge in [-0.15, -0.1) is 0 Å². The van der Waals surface area contributed by atoms with E-state index < -0.39 is 0 Å². The Kier molecular flexibility index (Phi) is 7.38. The predicted octanol–water partition coefficient (Wildman–Crippen LogP) is 4.69. The van der Waals surface area contributed by atoms with E-state index in [1.54, 1.807) is 11.0 Å². The normalized spacial score (nSPS) is 11.4. The first-order valence-corrected chi connectivity index (χ1v) is 10.6. The number of rotatable bonds is 9. The highest BCUT2D eigenvalue weighted by atomic mass is 32.1. The summed E-state index contributed by atoms with van der Waals surface area (Å²) in [5.74, 6) is 0.765. The van der Waals surface area contributed by atoms with Crippen molar-refractivity contribution in [3.63, 3.8) is 0 Å². The van der Waals surface area contributed by atoms with Crippen LogP contribution in [0.5, 0.6) is 5.75 Å². The van der Waals surface area contributed by atoms with E-state index in [0.717, 1.165) is 39.6 Å². The highest BCUT2D eigenvalue weighted by Gasteiger charge is 2.18. The van der Waals surface area contributed by atoms with Gasteiger partial charge in [0.1, 0.15) is 5.75 Å². The van der Waals surface area contributed by atoms with Gasteiger partial charge in [-0.1, -0.05) is 41.7 Å². The number of ether oxygens (including phenoxy) is 1. The number of benzene rings is 2. The molecule has 0 atom stereocenters. The number of hydrogen-bond acceptors (Lipinski definition) is 5. The summed E-state index contributed by atoms with van der Waals surface area (Å²) in [5.41, 5.74) is 1.88. The first-order chi connectivity index (χ1) is 14.1. The molecule has 0 aliphatic rings. The average molecular weight is 410 g/mol. The number of thiazole rings is 1. The second-order valence-corrected chi connectivity index (χ2v) is 7.96. The lowest BCUT2D eigenvalue weighted by atomic mass is 10.2. The molecule has 1 aromatic heterocycles. The number of anilines is 1. The first kappa shape index (κ1) is 21.0. The molecule has 1 heterocycles. The van der Waals surface area contributed by atoms with Gasteiger partial charge < -0.3 is 9.64 Å². The molecule has 0 saturated heterocycles. The third kappa shape index (κ3) is 5.89. The second kappa shape index (κ2) is 10.2. The molecule has 29 heavy (non-hydrogen) atoms. The largest absolute Gasteiger partial charge is 0.494 e. The molecular weight excluding hydrogens is 382 g/mol. The molecule has 0 bridgehead atoms. The van der Waals surface area contributed by atoms with Crippen molar-refractivity contribution in [1.29, 1.82) is 0 Å². The highest BCUT2D eigenvalue weighted by molar-refractivity contribution is 7.22. The molecular formula is C23H27N3O2S. The smallest absolute Gasteiger partial charge is 0.252 e. The van der Waals surface area contributed by atoms with Crippen LogP contribution in [0.15, 0.2) is 54.6 Å². The summed E-state index contributed by atoms with van der Waals surface area (Å²) in [6.45, 7) is 4.11. The molecule has 152 valence electrons. The van der Waals surface area contributed by atoms with Crippen molar-refractivity contribution in [2.75, 3.05) is 38.7 Å². The van der Waals surface area contributed by atoms with Crippen LogP contribution in [0.4, 0.5) is 5.13 Å². The van der Waals surface area contributed by atoms with Gasteiger partial charge in [-0.3, -0.25) is 9.69 Å². The SMILES string of the molecule is CCOc1ccc2nc(N(CCCN(C)C)C(=O)/C=C/c3ccccc3)sc2c1. The maximum Gasteiger partial charge on any atom is 0.252 e. The van der Waals surface area contributed by atoms with Gasteiger partial charge in [-0.05, 0) is 63.8 Å². The van der Waals surface area contributed by atoms with Crippen molar-refractivity contribution >= 4 is 38.7 Å². The lowest BCUT2D eigenvalue weighted by Gasteiger charge is -2.19. The number of nitrogens with zero attached hydrogens (tertiary/aromatic N) is 3. The molecule has 0 aliphatic carbocycles. The summed E-state index contributed by atoms with van der Waals surface area (Å²) in [6, 6.07) is 15.7. The van der Waals surface area contributed by atoms with E-state index in [1.165, 1.54) is 11.3 Å². The molecule has 0 unspecified atom stereocenters. The molecule has 0 spiro atoms. The van der Waals surface area contributed by atoms with Gasteiger partial charge in [-0.25, -0.2) is 4.98 Å². The maximum absolute atomic E-state index is 13.0. The van der Waals surface area contributed by atoms with Crippen LogP contribution in [-0.2, 0) is 4.79 Å². The Morgan fingerprint density at radius 2 is 1.93 bits per heavy atom. The van der Waals surface area contributed by atoms with E-state index in [4.69, 9.17) is 9.72 Å². The topological polar surface area (TPSA) is 45.7 Å². The monoisotopic (exact) mass is 409 g/mol. The molecule has 3 aromatic rings. The number of fused-ring (bicyclic) bond motifs is 1. The van der Waals surface area contributed by atoms with Crippen molar-refractivity contribution in [2.45, 2.75) is 13.3 Å². The Balaban J connectivity index is 1.84. The van der Waals surface area contributed by atoms with Crippen LogP contribution in [-0.4, -0.2) is 49.6 Å². The van der Waals surface area contributed by atoms with Gasteiger partial charge in [0.05, 0.1) is 16.8 Å².